The number of carbonyl (C=O) groups excluding carboxylic acids is 1. The number of carbonyl (C=O) groups is 1. The van der Waals surface area contributed by atoms with Crippen molar-refractivity contribution in [1.29, 1.82) is 0 Å². The fourth-order valence-corrected chi connectivity index (χ4v) is 3.35. The molecular weight excluding hydrogens is 433 g/mol. The van der Waals surface area contributed by atoms with E-state index in [1.54, 1.807) is 30.3 Å². The first-order chi connectivity index (χ1) is 14.5. The van der Waals surface area contributed by atoms with Gasteiger partial charge in [-0.1, -0.05) is 29.8 Å². The second-order valence-corrected chi connectivity index (χ2v) is 7.38. The van der Waals surface area contributed by atoms with Gasteiger partial charge in [-0.2, -0.15) is 0 Å². The Morgan fingerprint density at radius 1 is 1.06 bits per heavy atom. The monoisotopic (exact) mass is 453 g/mol. The van der Waals surface area contributed by atoms with Crippen molar-refractivity contribution in [3.63, 3.8) is 0 Å². The molecule has 0 spiro atoms. The number of ether oxygens (including phenoxy) is 1. The molecule has 0 fully saturated rings. The minimum atomic E-state index is -0.219. The molecule has 5 nitrogen and oxygen atoms in total. The molecule has 0 bridgehead atoms. The van der Waals surface area contributed by atoms with Gasteiger partial charge in [0.25, 0.3) is 5.91 Å². The smallest absolute Gasteiger partial charge is 0.256 e. The maximum absolute atomic E-state index is 12.9. The lowest BCUT2D eigenvalue weighted by Crippen LogP contribution is -2.15. The molecular formula is C24H21Cl2N3O2. The third-order valence-electron chi connectivity index (χ3n) is 4.70. The quantitative estimate of drug-likeness (QED) is 0.386. The number of halogens is 2. The number of aryl methyl sites for hydroxylation is 1. The third-order valence-corrected chi connectivity index (χ3v) is 4.95. The van der Waals surface area contributed by atoms with E-state index in [9.17, 15) is 4.79 Å². The van der Waals surface area contributed by atoms with Crippen LogP contribution in [-0.4, -0.2) is 10.9 Å². The molecule has 0 radical (unpaired) electrons. The minimum Gasteiger partial charge on any atom is -0.489 e. The van der Waals surface area contributed by atoms with Crippen LogP contribution in [0.2, 0.25) is 5.02 Å². The summed E-state index contributed by atoms with van der Waals surface area (Å²) in [5, 5.41) is 4.39. The summed E-state index contributed by atoms with van der Waals surface area (Å²) in [5.41, 5.74) is 10.4. The second kappa shape index (κ2) is 9.69. The van der Waals surface area contributed by atoms with Crippen molar-refractivity contribution in [2.45, 2.75) is 13.5 Å². The number of rotatable bonds is 5. The molecule has 4 aromatic rings. The highest BCUT2D eigenvalue weighted by atomic mass is 35.5. The molecule has 0 unspecified atom stereocenters. The maximum atomic E-state index is 12.9. The first-order valence-corrected chi connectivity index (χ1v) is 9.82. The fraction of sp³-hybridized carbons (Fsp3) is 0.0833. The van der Waals surface area contributed by atoms with Crippen molar-refractivity contribution in [3.05, 3.63) is 94.6 Å². The van der Waals surface area contributed by atoms with E-state index in [0.717, 1.165) is 22.2 Å². The molecule has 0 saturated heterocycles. The third kappa shape index (κ3) is 5.26. The van der Waals surface area contributed by atoms with Crippen molar-refractivity contribution >= 4 is 52.2 Å². The summed E-state index contributed by atoms with van der Waals surface area (Å²) >= 11 is 5.91. The summed E-state index contributed by atoms with van der Waals surface area (Å²) in [7, 11) is 0. The van der Waals surface area contributed by atoms with Gasteiger partial charge in [-0.3, -0.25) is 9.78 Å². The van der Waals surface area contributed by atoms with Crippen LogP contribution in [-0.2, 0) is 6.61 Å². The van der Waals surface area contributed by atoms with Gasteiger partial charge in [0, 0.05) is 38.6 Å². The van der Waals surface area contributed by atoms with Gasteiger partial charge in [0.1, 0.15) is 12.4 Å². The van der Waals surface area contributed by atoms with E-state index in [-0.39, 0.29) is 24.9 Å². The number of pyridine rings is 1. The van der Waals surface area contributed by atoms with E-state index in [0.29, 0.717) is 27.7 Å². The zero-order valence-corrected chi connectivity index (χ0v) is 18.3. The van der Waals surface area contributed by atoms with Crippen molar-refractivity contribution < 1.29 is 9.53 Å². The number of fused-ring (bicyclic) bond motifs is 1. The number of amides is 1. The Kier molecular flexibility index (Phi) is 7.00. The van der Waals surface area contributed by atoms with Gasteiger partial charge >= 0.3 is 0 Å². The summed E-state index contributed by atoms with van der Waals surface area (Å²) in [4.78, 5) is 17.4. The maximum Gasteiger partial charge on any atom is 0.256 e. The highest BCUT2D eigenvalue weighted by Crippen LogP contribution is 2.25. The Balaban J connectivity index is 0.00000272. The number of aromatic nitrogens is 1. The molecule has 158 valence electrons. The Labute approximate surface area is 191 Å². The lowest BCUT2D eigenvalue weighted by Gasteiger charge is -2.12. The number of benzene rings is 3. The number of nitrogens with two attached hydrogens (primary N) is 1. The number of nitrogens with one attached hydrogen (secondary N) is 1. The fourth-order valence-electron chi connectivity index (χ4n) is 3.23. The van der Waals surface area contributed by atoms with E-state index < -0.39 is 0 Å². The van der Waals surface area contributed by atoms with Crippen LogP contribution in [0.3, 0.4) is 0 Å². The summed E-state index contributed by atoms with van der Waals surface area (Å²) in [6.07, 6.45) is 0. The van der Waals surface area contributed by atoms with E-state index in [1.165, 1.54) is 0 Å². The topological polar surface area (TPSA) is 77.2 Å². The molecule has 1 heterocycles. The van der Waals surface area contributed by atoms with Crippen LogP contribution < -0.4 is 15.8 Å². The van der Waals surface area contributed by atoms with Crippen LogP contribution in [0.25, 0.3) is 10.9 Å². The molecule has 0 aliphatic heterocycles. The van der Waals surface area contributed by atoms with Gasteiger partial charge in [-0.25, -0.2) is 0 Å². The largest absolute Gasteiger partial charge is 0.489 e. The van der Waals surface area contributed by atoms with E-state index in [1.807, 2.05) is 49.4 Å². The van der Waals surface area contributed by atoms with Gasteiger partial charge in [0.2, 0.25) is 0 Å². The molecule has 0 atom stereocenters. The van der Waals surface area contributed by atoms with Crippen molar-refractivity contribution in [2.75, 3.05) is 11.1 Å². The summed E-state index contributed by atoms with van der Waals surface area (Å²) < 4.78 is 5.81. The van der Waals surface area contributed by atoms with Crippen LogP contribution in [0.4, 0.5) is 11.4 Å². The van der Waals surface area contributed by atoms with Gasteiger partial charge in [0.15, 0.2) is 0 Å². The van der Waals surface area contributed by atoms with Crippen molar-refractivity contribution in [2.24, 2.45) is 0 Å². The van der Waals surface area contributed by atoms with Crippen molar-refractivity contribution in [1.82, 2.24) is 4.98 Å². The number of nitrogen functional groups attached to an aromatic ring is 1. The number of hydrogen-bond donors (Lipinski definition) is 2. The molecule has 31 heavy (non-hydrogen) atoms. The van der Waals surface area contributed by atoms with E-state index >= 15 is 0 Å². The molecule has 1 aromatic heterocycles. The zero-order valence-electron chi connectivity index (χ0n) is 16.8. The van der Waals surface area contributed by atoms with Gasteiger partial charge in [-0.05, 0) is 61.5 Å². The van der Waals surface area contributed by atoms with E-state index in [2.05, 4.69) is 10.3 Å². The van der Waals surface area contributed by atoms with Crippen LogP contribution in [0.1, 0.15) is 21.6 Å². The minimum absolute atomic E-state index is 0. The van der Waals surface area contributed by atoms with Crippen LogP contribution >= 0.6 is 24.0 Å². The lowest BCUT2D eigenvalue weighted by molar-refractivity contribution is 0.102. The SMILES string of the molecule is Cc1cc(N)c2cc(NC(=O)c3ccccc3COc3ccc(Cl)cc3)ccc2n1.Cl. The van der Waals surface area contributed by atoms with Crippen LogP contribution in [0.15, 0.2) is 72.8 Å². The first-order valence-electron chi connectivity index (χ1n) is 9.44. The highest BCUT2D eigenvalue weighted by molar-refractivity contribution is 6.30. The predicted molar refractivity (Wildman–Crippen MR) is 128 cm³/mol. The Hall–Kier alpha value is -3.28. The lowest BCUT2D eigenvalue weighted by atomic mass is 10.1. The zero-order chi connectivity index (χ0) is 21.1. The van der Waals surface area contributed by atoms with E-state index in [4.69, 9.17) is 22.1 Å². The standard InChI is InChI=1S/C24H20ClN3O2.ClH/c1-15-12-22(26)21-13-18(8-11-23(21)27-15)28-24(29)20-5-3-2-4-16(20)14-30-19-9-6-17(25)7-10-19;/h2-13H,14H2,1H3,(H2,26,27)(H,28,29);1H. The predicted octanol–water partition coefficient (Wildman–Crippen LogP) is 6.03. The Bertz CT molecular complexity index is 1230. The average molecular weight is 454 g/mol. The van der Waals surface area contributed by atoms with Crippen molar-refractivity contribution in [3.8, 4) is 5.75 Å². The van der Waals surface area contributed by atoms with Crippen LogP contribution in [0, 0.1) is 6.92 Å². The normalized spacial score (nSPS) is 10.4. The van der Waals surface area contributed by atoms with Gasteiger partial charge < -0.3 is 15.8 Å². The highest BCUT2D eigenvalue weighted by Gasteiger charge is 2.13. The number of anilines is 2. The average Bonchev–Trinajstić information content (AvgIpc) is 2.74. The van der Waals surface area contributed by atoms with Crippen LogP contribution in [0.5, 0.6) is 5.75 Å². The molecule has 0 saturated carbocycles. The number of nitrogens with zero attached hydrogens (tertiary/aromatic N) is 1. The summed E-state index contributed by atoms with van der Waals surface area (Å²) in [6, 6.07) is 21.8. The summed E-state index contributed by atoms with van der Waals surface area (Å²) in [6.45, 7) is 2.16. The second-order valence-electron chi connectivity index (χ2n) is 6.94. The molecule has 0 aliphatic rings. The molecule has 4 rings (SSSR count). The molecule has 1 amide bonds. The first kappa shape index (κ1) is 22.4. The Morgan fingerprint density at radius 2 is 1.81 bits per heavy atom. The Morgan fingerprint density at radius 3 is 2.58 bits per heavy atom. The molecule has 7 heteroatoms. The molecule has 3 N–H and O–H groups in total. The molecule has 3 aromatic carbocycles. The molecule has 0 aliphatic carbocycles. The summed E-state index contributed by atoms with van der Waals surface area (Å²) in [5.74, 6) is 0.464. The van der Waals surface area contributed by atoms with Gasteiger partial charge in [-0.15, -0.1) is 12.4 Å². The number of hydrogen-bond acceptors (Lipinski definition) is 4. The van der Waals surface area contributed by atoms with Gasteiger partial charge in [0.05, 0.1) is 5.52 Å².